The summed E-state index contributed by atoms with van der Waals surface area (Å²) in [5, 5.41) is 12.3. The van der Waals surface area contributed by atoms with Crippen LogP contribution < -0.4 is 5.32 Å². The summed E-state index contributed by atoms with van der Waals surface area (Å²) in [5.41, 5.74) is 1.77. The highest BCUT2D eigenvalue weighted by atomic mass is 32.2. The minimum absolute atomic E-state index is 0.252. The van der Waals surface area contributed by atoms with Crippen LogP contribution in [0, 0.1) is 6.92 Å². The minimum atomic E-state index is -0.930. The predicted octanol–water partition coefficient (Wildman–Crippen LogP) is 2.01. The van der Waals surface area contributed by atoms with Gasteiger partial charge in [-0.2, -0.15) is 11.8 Å². The molecular formula is C11H14N2O2S. The lowest BCUT2D eigenvalue weighted by molar-refractivity contribution is 0.0697. The Morgan fingerprint density at radius 1 is 1.69 bits per heavy atom. The number of aryl methyl sites for hydroxylation is 1. The normalized spacial score (nSPS) is 19.7. The first-order chi connectivity index (χ1) is 7.66. The molecule has 1 atom stereocenters. The molecule has 2 heterocycles. The number of pyridine rings is 1. The Morgan fingerprint density at radius 2 is 2.50 bits per heavy atom. The van der Waals surface area contributed by atoms with E-state index in [2.05, 4.69) is 10.3 Å². The van der Waals surface area contributed by atoms with Crippen LogP contribution in [0.15, 0.2) is 12.3 Å². The molecule has 1 unspecified atom stereocenters. The van der Waals surface area contributed by atoms with Crippen LogP contribution >= 0.6 is 11.8 Å². The molecule has 1 aliphatic rings. The Hall–Kier alpha value is -1.23. The zero-order valence-corrected chi connectivity index (χ0v) is 9.88. The van der Waals surface area contributed by atoms with Crippen LogP contribution in [0.25, 0.3) is 0 Å². The van der Waals surface area contributed by atoms with Crippen LogP contribution in [0.4, 0.5) is 5.69 Å². The van der Waals surface area contributed by atoms with E-state index in [4.69, 9.17) is 5.11 Å². The van der Waals surface area contributed by atoms with E-state index in [-0.39, 0.29) is 5.56 Å². The SMILES string of the molecule is Cc1cc(NC2CCSC2)c(C(=O)O)cn1. The molecule has 0 saturated carbocycles. The van der Waals surface area contributed by atoms with E-state index >= 15 is 0 Å². The number of thioether (sulfide) groups is 1. The van der Waals surface area contributed by atoms with Gasteiger partial charge in [-0.1, -0.05) is 0 Å². The molecular weight excluding hydrogens is 224 g/mol. The van der Waals surface area contributed by atoms with E-state index in [9.17, 15) is 4.79 Å². The summed E-state index contributed by atoms with van der Waals surface area (Å²) in [6, 6.07) is 2.18. The number of anilines is 1. The van der Waals surface area contributed by atoms with Crippen molar-refractivity contribution in [1.29, 1.82) is 0 Å². The quantitative estimate of drug-likeness (QED) is 0.843. The highest BCUT2D eigenvalue weighted by Gasteiger charge is 2.18. The van der Waals surface area contributed by atoms with E-state index in [0.29, 0.717) is 11.7 Å². The van der Waals surface area contributed by atoms with Crippen molar-refractivity contribution in [2.24, 2.45) is 0 Å². The van der Waals surface area contributed by atoms with Crippen LogP contribution in [0.3, 0.4) is 0 Å². The number of hydrogen-bond donors (Lipinski definition) is 2. The summed E-state index contributed by atoms with van der Waals surface area (Å²) in [4.78, 5) is 15.0. The van der Waals surface area contributed by atoms with Gasteiger partial charge >= 0.3 is 5.97 Å². The van der Waals surface area contributed by atoms with Gasteiger partial charge in [0.1, 0.15) is 5.56 Å². The van der Waals surface area contributed by atoms with Gasteiger partial charge < -0.3 is 10.4 Å². The zero-order chi connectivity index (χ0) is 11.5. The summed E-state index contributed by atoms with van der Waals surface area (Å²) in [6.07, 6.45) is 2.51. The Labute approximate surface area is 98.5 Å². The maximum atomic E-state index is 11.0. The van der Waals surface area contributed by atoms with Gasteiger partial charge in [0.15, 0.2) is 0 Å². The lowest BCUT2D eigenvalue weighted by Gasteiger charge is -2.15. The van der Waals surface area contributed by atoms with Crippen molar-refractivity contribution in [2.45, 2.75) is 19.4 Å². The van der Waals surface area contributed by atoms with Crippen molar-refractivity contribution in [1.82, 2.24) is 4.98 Å². The minimum Gasteiger partial charge on any atom is -0.478 e. The van der Waals surface area contributed by atoms with Gasteiger partial charge in [-0.15, -0.1) is 0 Å². The lowest BCUT2D eigenvalue weighted by atomic mass is 10.1. The van der Waals surface area contributed by atoms with E-state index < -0.39 is 5.97 Å². The van der Waals surface area contributed by atoms with Crippen molar-refractivity contribution < 1.29 is 9.90 Å². The fourth-order valence-corrected chi connectivity index (χ4v) is 2.87. The molecule has 2 N–H and O–H groups in total. The number of aromatic nitrogens is 1. The van der Waals surface area contributed by atoms with Crippen LogP contribution in [-0.2, 0) is 0 Å². The van der Waals surface area contributed by atoms with Crippen molar-refractivity contribution in [3.05, 3.63) is 23.5 Å². The molecule has 0 radical (unpaired) electrons. The molecule has 0 aliphatic carbocycles. The third-order valence-electron chi connectivity index (χ3n) is 2.56. The van der Waals surface area contributed by atoms with E-state index in [0.717, 1.165) is 23.6 Å². The summed E-state index contributed by atoms with van der Waals surface area (Å²) in [6.45, 7) is 1.86. The largest absolute Gasteiger partial charge is 0.478 e. The number of carboxylic acids is 1. The second-order valence-electron chi connectivity index (χ2n) is 3.88. The number of nitrogens with one attached hydrogen (secondary N) is 1. The number of carbonyl (C=O) groups is 1. The molecule has 4 nitrogen and oxygen atoms in total. The molecule has 2 rings (SSSR count). The summed E-state index contributed by atoms with van der Waals surface area (Å²) >= 11 is 1.89. The fourth-order valence-electron chi connectivity index (χ4n) is 1.72. The maximum Gasteiger partial charge on any atom is 0.339 e. The van der Waals surface area contributed by atoms with Gasteiger partial charge in [0.2, 0.25) is 0 Å². The van der Waals surface area contributed by atoms with Gasteiger partial charge in [0.25, 0.3) is 0 Å². The molecule has 5 heteroatoms. The first-order valence-corrected chi connectivity index (χ1v) is 6.36. The molecule has 1 saturated heterocycles. The average Bonchev–Trinajstić information content (AvgIpc) is 2.70. The van der Waals surface area contributed by atoms with Gasteiger partial charge in [-0.25, -0.2) is 4.79 Å². The topological polar surface area (TPSA) is 62.2 Å². The number of carboxylic acid groups (broad SMARTS) is 1. The molecule has 1 aromatic heterocycles. The third kappa shape index (κ3) is 2.47. The molecule has 16 heavy (non-hydrogen) atoms. The van der Waals surface area contributed by atoms with E-state index in [1.807, 2.05) is 18.7 Å². The van der Waals surface area contributed by atoms with Crippen LogP contribution in [0.5, 0.6) is 0 Å². The highest BCUT2D eigenvalue weighted by Crippen LogP contribution is 2.23. The molecule has 86 valence electrons. The van der Waals surface area contributed by atoms with Gasteiger partial charge in [0.05, 0.1) is 5.69 Å². The number of nitrogens with zero attached hydrogens (tertiary/aromatic N) is 1. The maximum absolute atomic E-state index is 11.0. The molecule has 0 amide bonds. The third-order valence-corrected chi connectivity index (χ3v) is 3.72. The Kier molecular flexibility index (Phi) is 3.33. The van der Waals surface area contributed by atoms with Gasteiger partial charge in [-0.3, -0.25) is 4.98 Å². The molecule has 1 aliphatic heterocycles. The van der Waals surface area contributed by atoms with Crippen LogP contribution in [-0.4, -0.2) is 33.6 Å². The second kappa shape index (κ2) is 4.74. The monoisotopic (exact) mass is 238 g/mol. The first kappa shape index (κ1) is 11.3. The van der Waals surface area contributed by atoms with Crippen LogP contribution in [0.2, 0.25) is 0 Å². The smallest absolute Gasteiger partial charge is 0.339 e. The van der Waals surface area contributed by atoms with Gasteiger partial charge in [0, 0.05) is 23.7 Å². The number of aromatic carboxylic acids is 1. The highest BCUT2D eigenvalue weighted by molar-refractivity contribution is 7.99. The first-order valence-electron chi connectivity index (χ1n) is 5.21. The van der Waals surface area contributed by atoms with Crippen molar-refractivity contribution in [3.63, 3.8) is 0 Å². The Morgan fingerprint density at radius 3 is 3.12 bits per heavy atom. The molecule has 1 aromatic rings. The van der Waals surface area contributed by atoms with Crippen molar-refractivity contribution in [3.8, 4) is 0 Å². The van der Waals surface area contributed by atoms with Crippen LogP contribution in [0.1, 0.15) is 22.5 Å². The Bertz CT molecular complexity index is 403. The van der Waals surface area contributed by atoms with Crippen molar-refractivity contribution in [2.75, 3.05) is 16.8 Å². The predicted molar refractivity (Wildman–Crippen MR) is 65.3 cm³/mol. The molecule has 1 fully saturated rings. The molecule has 0 bridgehead atoms. The number of rotatable bonds is 3. The van der Waals surface area contributed by atoms with Gasteiger partial charge in [-0.05, 0) is 25.2 Å². The molecule has 0 spiro atoms. The second-order valence-corrected chi connectivity index (χ2v) is 5.03. The van der Waals surface area contributed by atoms with E-state index in [1.165, 1.54) is 6.20 Å². The zero-order valence-electron chi connectivity index (χ0n) is 9.06. The lowest BCUT2D eigenvalue weighted by Crippen LogP contribution is -2.20. The summed E-state index contributed by atoms with van der Waals surface area (Å²) in [5.74, 6) is 1.26. The number of hydrogen-bond acceptors (Lipinski definition) is 4. The summed E-state index contributed by atoms with van der Waals surface area (Å²) < 4.78 is 0. The van der Waals surface area contributed by atoms with Crippen molar-refractivity contribution >= 4 is 23.4 Å². The fraction of sp³-hybridized carbons (Fsp3) is 0.455. The average molecular weight is 238 g/mol. The van der Waals surface area contributed by atoms with E-state index in [1.54, 1.807) is 6.07 Å². The summed E-state index contributed by atoms with van der Waals surface area (Å²) in [7, 11) is 0. The Balaban J connectivity index is 2.22. The standard InChI is InChI=1S/C11H14N2O2S/c1-7-4-10(9(5-12-7)11(14)15)13-8-2-3-16-6-8/h4-5,8H,2-3,6H2,1H3,(H,12,13)(H,14,15). The molecule has 0 aromatic carbocycles.